The molecule has 0 atom stereocenters. The van der Waals surface area contributed by atoms with Crippen molar-refractivity contribution in [2.75, 3.05) is 0 Å². The van der Waals surface area contributed by atoms with E-state index in [1.54, 1.807) is 24.5 Å². The standard InChI is InChI=1S/C23H20F4N2O/c24-21-12-20(23(25,26)27)9-8-18(21)6-7-19-11-16(5-10-22(19)30)3-1-2-4-17-13-28-15-29-14-17/h5-15,30H,1-4H2/b7-6+. The average Bonchev–Trinajstić information content (AvgIpc) is 2.72. The largest absolute Gasteiger partial charge is 0.507 e. The molecule has 0 bridgehead atoms. The zero-order valence-corrected chi connectivity index (χ0v) is 16.0. The van der Waals surface area contributed by atoms with Gasteiger partial charge in [0.2, 0.25) is 0 Å². The predicted octanol–water partition coefficient (Wildman–Crippen LogP) is 6.08. The summed E-state index contributed by atoms with van der Waals surface area (Å²) in [5, 5.41) is 10.0. The normalized spacial score (nSPS) is 11.9. The van der Waals surface area contributed by atoms with Crippen LogP contribution in [0.25, 0.3) is 12.2 Å². The van der Waals surface area contributed by atoms with Gasteiger partial charge in [0.1, 0.15) is 17.9 Å². The van der Waals surface area contributed by atoms with Gasteiger partial charge in [-0.2, -0.15) is 13.2 Å². The number of phenols is 1. The summed E-state index contributed by atoms with van der Waals surface area (Å²) in [5.74, 6) is -0.953. The summed E-state index contributed by atoms with van der Waals surface area (Å²) in [5.41, 5.74) is 1.53. The highest BCUT2D eigenvalue weighted by molar-refractivity contribution is 5.73. The zero-order valence-electron chi connectivity index (χ0n) is 16.0. The van der Waals surface area contributed by atoms with E-state index in [0.717, 1.165) is 48.9 Å². The van der Waals surface area contributed by atoms with Crippen LogP contribution in [-0.2, 0) is 19.0 Å². The first kappa shape index (κ1) is 21.5. The number of aromatic nitrogens is 2. The third kappa shape index (κ3) is 5.89. The third-order valence-corrected chi connectivity index (χ3v) is 4.66. The van der Waals surface area contributed by atoms with Crippen LogP contribution in [0.15, 0.2) is 55.1 Å². The maximum Gasteiger partial charge on any atom is 0.416 e. The van der Waals surface area contributed by atoms with Crippen LogP contribution >= 0.6 is 0 Å². The molecule has 0 spiro atoms. The lowest BCUT2D eigenvalue weighted by Gasteiger charge is -2.08. The second-order valence-electron chi connectivity index (χ2n) is 6.91. The summed E-state index contributed by atoms with van der Waals surface area (Å²) in [4.78, 5) is 7.96. The zero-order chi connectivity index (χ0) is 21.6. The lowest BCUT2D eigenvalue weighted by molar-refractivity contribution is -0.137. The van der Waals surface area contributed by atoms with Gasteiger partial charge in [-0.15, -0.1) is 0 Å². The maximum absolute atomic E-state index is 14.0. The van der Waals surface area contributed by atoms with Crippen molar-refractivity contribution in [3.63, 3.8) is 0 Å². The van der Waals surface area contributed by atoms with Crippen LogP contribution in [0.2, 0.25) is 0 Å². The molecule has 156 valence electrons. The molecule has 0 unspecified atom stereocenters. The van der Waals surface area contributed by atoms with Crippen molar-refractivity contribution in [2.24, 2.45) is 0 Å². The molecule has 1 N–H and O–H groups in total. The highest BCUT2D eigenvalue weighted by Gasteiger charge is 2.30. The Morgan fingerprint density at radius 2 is 1.50 bits per heavy atom. The van der Waals surface area contributed by atoms with E-state index in [9.17, 15) is 22.7 Å². The molecule has 3 nitrogen and oxygen atoms in total. The highest BCUT2D eigenvalue weighted by atomic mass is 19.4. The Hall–Kier alpha value is -3.22. The van der Waals surface area contributed by atoms with Gasteiger partial charge in [0, 0.05) is 23.5 Å². The van der Waals surface area contributed by atoms with Crippen LogP contribution in [0.5, 0.6) is 5.75 Å². The van der Waals surface area contributed by atoms with Crippen molar-refractivity contribution in [1.29, 1.82) is 0 Å². The smallest absolute Gasteiger partial charge is 0.416 e. The monoisotopic (exact) mass is 416 g/mol. The lowest BCUT2D eigenvalue weighted by atomic mass is 10.0. The summed E-state index contributed by atoms with van der Waals surface area (Å²) in [6, 6.07) is 7.53. The van der Waals surface area contributed by atoms with Crippen LogP contribution in [0.3, 0.4) is 0 Å². The van der Waals surface area contributed by atoms with Gasteiger partial charge in [-0.25, -0.2) is 14.4 Å². The van der Waals surface area contributed by atoms with Crippen LogP contribution in [0, 0.1) is 5.82 Å². The first-order valence-electron chi connectivity index (χ1n) is 9.43. The Labute approximate surface area is 171 Å². The molecular weight excluding hydrogens is 396 g/mol. The van der Waals surface area contributed by atoms with Crippen molar-refractivity contribution < 1.29 is 22.7 Å². The number of phenolic OH excluding ortho intramolecular Hbond substituents is 1. The molecule has 0 amide bonds. The first-order chi connectivity index (χ1) is 14.3. The molecule has 7 heteroatoms. The summed E-state index contributed by atoms with van der Waals surface area (Å²) in [6.45, 7) is 0. The Bertz CT molecular complexity index is 1020. The number of hydrogen-bond acceptors (Lipinski definition) is 3. The molecule has 1 heterocycles. The fourth-order valence-electron chi connectivity index (χ4n) is 3.03. The van der Waals surface area contributed by atoms with Crippen LogP contribution in [0.4, 0.5) is 17.6 Å². The molecule has 2 aromatic carbocycles. The molecule has 30 heavy (non-hydrogen) atoms. The number of hydrogen-bond donors (Lipinski definition) is 1. The van der Waals surface area contributed by atoms with Crippen LogP contribution in [-0.4, -0.2) is 15.1 Å². The molecule has 3 rings (SSSR count). The highest BCUT2D eigenvalue weighted by Crippen LogP contribution is 2.31. The van der Waals surface area contributed by atoms with Crippen LogP contribution in [0.1, 0.15) is 40.7 Å². The number of nitrogens with zero attached hydrogens (tertiary/aromatic N) is 2. The van der Waals surface area contributed by atoms with E-state index in [0.29, 0.717) is 11.6 Å². The fraction of sp³-hybridized carbons (Fsp3) is 0.217. The van der Waals surface area contributed by atoms with Gasteiger partial charge in [-0.1, -0.05) is 24.3 Å². The van der Waals surface area contributed by atoms with Gasteiger partial charge >= 0.3 is 6.18 Å². The number of benzene rings is 2. The van der Waals surface area contributed by atoms with E-state index in [4.69, 9.17) is 0 Å². The minimum absolute atomic E-state index is 0.0119. The number of aryl methyl sites for hydroxylation is 2. The van der Waals surface area contributed by atoms with E-state index in [-0.39, 0.29) is 11.3 Å². The molecule has 3 aromatic rings. The van der Waals surface area contributed by atoms with Gasteiger partial charge in [-0.3, -0.25) is 0 Å². The molecule has 0 saturated carbocycles. The van der Waals surface area contributed by atoms with Crippen molar-refractivity contribution in [2.45, 2.75) is 31.9 Å². The van der Waals surface area contributed by atoms with Crippen molar-refractivity contribution >= 4 is 12.2 Å². The Balaban J connectivity index is 1.63. The molecule has 0 aliphatic heterocycles. The predicted molar refractivity (Wildman–Crippen MR) is 107 cm³/mol. The fourth-order valence-corrected chi connectivity index (χ4v) is 3.03. The number of halogens is 4. The van der Waals surface area contributed by atoms with Gasteiger partial charge in [-0.05, 0) is 61.1 Å². The van der Waals surface area contributed by atoms with E-state index >= 15 is 0 Å². The molecule has 0 fully saturated rings. The van der Waals surface area contributed by atoms with Crippen molar-refractivity contribution in [3.05, 3.63) is 88.8 Å². The summed E-state index contributed by atoms with van der Waals surface area (Å²) < 4.78 is 51.9. The van der Waals surface area contributed by atoms with Gasteiger partial charge in [0.25, 0.3) is 0 Å². The quantitative estimate of drug-likeness (QED) is 0.289. The number of unbranched alkanes of at least 4 members (excludes halogenated alkanes) is 1. The summed E-state index contributed by atoms with van der Waals surface area (Å²) in [7, 11) is 0. The van der Waals surface area contributed by atoms with E-state index < -0.39 is 17.6 Å². The minimum atomic E-state index is -4.59. The third-order valence-electron chi connectivity index (χ3n) is 4.66. The molecular formula is C23H20F4N2O. The molecule has 0 radical (unpaired) electrons. The van der Waals surface area contributed by atoms with Crippen molar-refractivity contribution in [3.8, 4) is 5.75 Å². The average molecular weight is 416 g/mol. The Morgan fingerprint density at radius 1 is 0.833 bits per heavy atom. The van der Waals surface area contributed by atoms with Crippen LogP contribution < -0.4 is 0 Å². The number of aromatic hydroxyl groups is 1. The number of rotatable bonds is 7. The second-order valence-corrected chi connectivity index (χ2v) is 6.91. The minimum Gasteiger partial charge on any atom is -0.507 e. The summed E-state index contributed by atoms with van der Waals surface area (Å²) in [6.07, 6.45) is 6.87. The topological polar surface area (TPSA) is 46.0 Å². The van der Waals surface area contributed by atoms with Crippen molar-refractivity contribution in [1.82, 2.24) is 9.97 Å². The van der Waals surface area contributed by atoms with E-state index in [2.05, 4.69) is 9.97 Å². The first-order valence-corrected chi connectivity index (χ1v) is 9.43. The SMILES string of the molecule is Oc1ccc(CCCCc2cncnc2)cc1/C=C/c1ccc(C(F)(F)F)cc1F. The second kappa shape index (κ2) is 9.52. The van der Waals surface area contributed by atoms with Gasteiger partial charge in [0.15, 0.2) is 0 Å². The molecule has 0 aliphatic carbocycles. The molecule has 0 aliphatic rings. The number of alkyl halides is 3. The lowest BCUT2D eigenvalue weighted by Crippen LogP contribution is -2.05. The van der Waals surface area contributed by atoms with Gasteiger partial charge in [0.05, 0.1) is 5.56 Å². The van der Waals surface area contributed by atoms with Gasteiger partial charge < -0.3 is 5.11 Å². The molecule has 1 aromatic heterocycles. The van der Waals surface area contributed by atoms with E-state index in [1.807, 2.05) is 6.07 Å². The van der Waals surface area contributed by atoms with E-state index in [1.165, 1.54) is 18.5 Å². The summed E-state index contributed by atoms with van der Waals surface area (Å²) >= 11 is 0. The Kier molecular flexibility index (Phi) is 6.82. The Morgan fingerprint density at radius 3 is 2.17 bits per heavy atom. The maximum atomic E-state index is 14.0. The molecule has 0 saturated heterocycles.